The molecule has 2 rings (SSSR count). The Morgan fingerprint density at radius 2 is 2.00 bits per heavy atom. The Kier molecular flexibility index (Phi) is 3.40. The molecule has 0 aliphatic heterocycles. The van der Waals surface area contributed by atoms with E-state index in [0.717, 1.165) is 19.3 Å². The lowest BCUT2D eigenvalue weighted by Crippen LogP contribution is -2.41. The van der Waals surface area contributed by atoms with E-state index in [1.54, 1.807) is 25.2 Å². The Morgan fingerprint density at radius 1 is 1.35 bits per heavy atom. The lowest BCUT2D eigenvalue weighted by Gasteiger charge is -2.33. The van der Waals surface area contributed by atoms with Gasteiger partial charge >= 0.3 is 0 Å². The minimum absolute atomic E-state index is 0.00727. The van der Waals surface area contributed by atoms with Crippen molar-refractivity contribution in [1.29, 1.82) is 0 Å². The molecule has 2 N–H and O–H groups in total. The molecule has 1 aliphatic rings. The van der Waals surface area contributed by atoms with Gasteiger partial charge in [-0.1, -0.05) is 24.6 Å². The van der Waals surface area contributed by atoms with Crippen LogP contribution in [0.3, 0.4) is 0 Å². The summed E-state index contributed by atoms with van der Waals surface area (Å²) in [5, 5.41) is 0. The van der Waals surface area contributed by atoms with Gasteiger partial charge in [-0.2, -0.15) is 0 Å². The highest BCUT2D eigenvalue weighted by Gasteiger charge is 2.30. The molecule has 4 nitrogen and oxygen atoms in total. The van der Waals surface area contributed by atoms with Crippen molar-refractivity contribution in [1.82, 2.24) is 4.31 Å². The number of hydrogen-bond donors (Lipinski definition) is 1. The summed E-state index contributed by atoms with van der Waals surface area (Å²) in [7, 11) is -1.58. The van der Waals surface area contributed by atoms with Gasteiger partial charge in [-0.15, -0.1) is 0 Å². The molecule has 1 aromatic carbocycles. The fourth-order valence-electron chi connectivity index (χ4n) is 1.94. The summed E-state index contributed by atoms with van der Waals surface area (Å²) in [6.45, 7) is 0. The fourth-order valence-corrected chi connectivity index (χ4v) is 3.47. The molecule has 5 heteroatoms. The lowest BCUT2D eigenvalue weighted by atomic mass is 9.94. The first-order valence-corrected chi connectivity index (χ1v) is 7.41. The molecular weight excluding hydrogens is 236 g/mol. The highest BCUT2D eigenvalue weighted by Crippen LogP contribution is 2.27. The van der Waals surface area contributed by atoms with Crippen LogP contribution < -0.4 is 5.73 Å². The zero-order valence-electron chi connectivity index (χ0n) is 9.96. The molecule has 0 aromatic heterocycles. The maximum absolute atomic E-state index is 12.2. The first-order valence-electron chi connectivity index (χ1n) is 5.80. The molecule has 1 aliphatic carbocycles. The maximum Gasteiger partial charge on any atom is 0.218 e. The Bertz CT molecular complexity index is 495. The van der Waals surface area contributed by atoms with Crippen molar-refractivity contribution in [3.8, 4) is 0 Å². The number of nitrogen functional groups attached to an aromatic ring is 1. The van der Waals surface area contributed by atoms with Crippen molar-refractivity contribution >= 4 is 15.7 Å². The predicted octanol–water partition coefficient (Wildman–Crippen LogP) is 1.58. The zero-order chi connectivity index (χ0) is 12.5. The van der Waals surface area contributed by atoms with Crippen LogP contribution in [0.15, 0.2) is 24.3 Å². The van der Waals surface area contributed by atoms with E-state index in [4.69, 9.17) is 5.73 Å². The summed E-state index contributed by atoms with van der Waals surface area (Å²) in [6.07, 6.45) is 3.07. The van der Waals surface area contributed by atoms with Crippen molar-refractivity contribution in [3.05, 3.63) is 29.8 Å². The van der Waals surface area contributed by atoms with E-state index in [1.807, 2.05) is 6.07 Å². The SMILES string of the molecule is CN(C1CCC1)S(=O)(=O)Cc1ccccc1N. The molecular formula is C12H18N2O2S. The van der Waals surface area contributed by atoms with Crippen molar-refractivity contribution in [2.75, 3.05) is 12.8 Å². The van der Waals surface area contributed by atoms with Gasteiger partial charge in [0.25, 0.3) is 0 Å². The van der Waals surface area contributed by atoms with E-state index < -0.39 is 10.0 Å². The van der Waals surface area contributed by atoms with Crippen LogP contribution in [-0.4, -0.2) is 25.8 Å². The standard InChI is InChI=1S/C12H18N2O2S/c1-14(11-6-4-7-11)17(15,16)9-10-5-2-3-8-12(10)13/h2-3,5,8,11H,4,6-7,9,13H2,1H3. The van der Waals surface area contributed by atoms with Crippen LogP contribution in [0.4, 0.5) is 5.69 Å². The van der Waals surface area contributed by atoms with Crippen LogP contribution in [0.25, 0.3) is 0 Å². The van der Waals surface area contributed by atoms with Crippen molar-refractivity contribution in [3.63, 3.8) is 0 Å². The van der Waals surface area contributed by atoms with Gasteiger partial charge in [-0.05, 0) is 24.5 Å². The van der Waals surface area contributed by atoms with Gasteiger partial charge in [0, 0.05) is 18.8 Å². The second-order valence-electron chi connectivity index (χ2n) is 4.56. The second kappa shape index (κ2) is 4.66. The quantitative estimate of drug-likeness (QED) is 0.830. The molecule has 0 atom stereocenters. The molecule has 0 radical (unpaired) electrons. The largest absolute Gasteiger partial charge is 0.398 e. The third-order valence-electron chi connectivity index (χ3n) is 3.42. The summed E-state index contributed by atoms with van der Waals surface area (Å²) in [5.74, 6) is -0.00727. The number of hydrogen-bond acceptors (Lipinski definition) is 3. The first kappa shape index (κ1) is 12.4. The van der Waals surface area contributed by atoms with E-state index in [0.29, 0.717) is 11.3 Å². The number of benzene rings is 1. The fraction of sp³-hybridized carbons (Fsp3) is 0.500. The molecule has 1 fully saturated rings. The number of nitrogens with two attached hydrogens (primary N) is 1. The third-order valence-corrected chi connectivity index (χ3v) is 5.27. The van der Waals surface area contributed by atoms with Crippen LogP contribution in [0.2, 0.25) is 0 Å². The molecule has 0 saturated heterocycles. The van der Waals surface area contributed by atoms with E-state index in [-0.39, 0.29) is 11.8 Å². The minimum atomic E-state index is -3.24. The van der Waals surface area contributed by atoms with Crippen molar-refractivity contribution in [2.24, 2.45) is 0 Å². The Balaban J connectivity index is 2.14. The molecule has 17 heavy (non-hydrogen) atoms. The van der Waals surface area contributed by atoms with E-state index in [1.165, 1.54) is 4.31 Å². The molecule has 0 heterocycles. The molecule has 1 aromatic rings. The first-order chi connectivity index (χ1) is 8.00. The summed E-state index contributed by atoms with van der Waals surface area (Å²) < 4.78 is 25.8. The lowest BCUT2D eigenvalue weighted by molar-refractivity contribution is 0.249. The Labute approximate surface area is 102 Å². The van der Waals surface area contributed by atoms with Crippen LogP contribution in [0.5, 0.6) is 0 Å². The van der Waals surface area contributed by atoms with Gasteiger partial charge in [0.1, 0.15) is 0 Å². The Morgan fingerprint density at radius 3 is 2.53 bits per heavy atom. The third kappa shape index (κ3) is 2.61. The smallest absolute Gasteiger partial charge is 0.218 e. The number of para-hydroxylation sites is 1. The zero-order valence-corrected chi connectivity index (χ0v) is 10.8. The minimum Gasteiger partial charge on any atom is -0.398 e. The van der Waals surface area contributed by atoms with Crippen LogP contribution in [0, 0.1) is 0 Å². The second-order valence-corrected chi connectivity index (χ2v) is 6.58. The van der Waals surface area contributed by atoms with Crippen LogP contribution >= 0.6 is 0 Å². The summed E-state index contributed by atoms with van der Waals surface area (Å²) >= 11 is 0. The normalized spacial score (nSPS) is 17.1. The highest BCUT2D eigenvalue weighted by atomic mass is 32.2. The van der Waals surface area contributed by atoms with Gasteiger partial charge in [0.2, 0.25) is 10.0 Å². The van der Waals surface area contributed by atoms with Gasteiger partial charge in [-0.3, -0.25) is 0 Å². The average molecular weight is 254 g/mol. The van der Waals surface area contributed by atoms with Gasteiger partial charge in [0.05, 0.1) is 5.75 Å². The van der Waals surface area contributed by atoms with E-state index in [2.05, 4.69) is 0 Å². The molecule has 94 valence electrons. The maximum atomic E-state index is 12.2. The predicted molar refractivity (Wildman–Crippen MR) is 68.9 cm³/mol. The molecule has 1 saturated carbocycles. The summed E-state index contributed by atoms with van der Waals surface area (Å²) in [6, 6.07) is 7.30. The van der Waals surface area contributed by atoms with Crippen molar-refractivity contribution in [2.45, 2.75) is 31.1 Å². The van der Waals surface area contributed by atoms with Gasteiger partial charge in [0.15, 0.2) is 0 Å². The van der Waals surface area contributed by atoms with Crippen molar-refractivity contribution < 1.29 is 8.42 Å². The van der Waals surface area contributed by atoms with Crippen LogP contribution in [-0.2, 0) is 15.8 Å². The van der Waals surface area contributed by atoms with Gasteiger partial charge < -0.3 is 5.73 Å². The summed E-state index contributed by atoms with van der Waals surface area (Å²) in [5.41, 5.74) is 6.99. The van der Waals surface area contributed by atoms with E-state index in [9.17, 15) is 8.42 Å². The number of sulfonamides is 1. The monoisotopic (exact) mass is 254 g/mol. The van der Waals surface area contributed by atoms with Gasteiger partial charge in [-0.25, -0.2) is 12.7 Å². The molecule has 0 unspecified atom stereocenters. The van der Waals surface area contributed by atoms with Crippen LogP contribution in [0.1, 0.15) is 24.8 Å². The number of anilines is 1. The van der Waals surface area contributed by atoms with E-state index >= 15 is 0 Å². The summed E-state index contributed by atoms with van der Waals surface area (Å²) in [4.78, 5) is 0. The molecule has 0 bridgehead atoms. The molecule has 0 amide bonds. The Hall–Kier alpha value is -1.07. The number of nitrogens with zero attached hydrogens (tertiary/aromatic N) is 1. The number of rotatable bonds is 4. The highest BCUT2D eigenvalue weighted by molar-refractivity contribution is 7.88. The molecule has 0 spiro atoms. The average Bonchev–Trinajstić information content (AvgIpc) is 2.18. The topological polar surface area (TPSA) is 63.4 Å².